The molecular formula is C16H26IN3O. The number of nitrogens with zero attached hydrogens (tertiary/aromatic N) is 2. The van der Waals surface area contributed by atoms with E-state index in [-0.39, 0.29) is 24.0 Å². The van der Waals surface area contributed by atoms with Crippen molar-refractivity contribution in [3.63, 3.8) is 0 Å². The molecule has 0 spiro atoms. The lowest BCUT2D eigenvalue weighted by Crippen LogP contribution is -2.43. The van der Waals surface area contributed by atoms with Crippen LogP contribution >= 0.6 is 24.0 Å². The second kappa shape index (κ2) is 9.25. The van der Waals surface area contributed by atoms with Gasteiger partial charge >= 0.3 is 0 Å². The van der Waals surface area contributed by atoms with E-state index < -0.39 is 0 Å². The molecule has 21 heavy (non-hydrogen) atoms. The zero-order valence-electron chi connectivity index (χ0n) is 12.9. The summed E-state index contributed by atoms with van der Waals surface area (Å²) in [4.78, 5) is 6.73. The summed E-state index contributed by atoms with van der Waals surface area (Å²) in [7, 11) is 1.71. The first-order valence-electron chi connectivity index (χ1n) is 7.30. The Morgan fingerprint density at radius 1 is 1.43 bits per heavy atom. The number of piperidine rings is 1. The van der Waals surface area contributed by atoms with Crippen LogP contribution in [0.3, 0.4) is 0 Å². The largest absolute Gasteiger partial charge is 0.380 e. The van der Waals surface area contributed by atoms with E-state index in [0.717, 1.165) is 13.1 Å². The summed E-state index contributed by atoms with van der Waals surface area (Å²) >= 11 is 0. The zero-order valence-corrected chi connectivity index (χ0v) is 15.2. The molecule has 0 bridgehead atoms. The number of guanidine groups is 1. The average molecular weight is 403 g/mol. The van der Waals surface area contributed by atoms with Crippen LogP contribution in [-0.4, -0.2) is 31.1 Å². The van der Waals surface area contributed by atoms with Crippen LogP contribution in [0.4, 0.5) is 0 Å². The zero-order chi connectivity index (χ0) is 14.4. The van der Waals surface area contributed by atoms with Crippen LogP contribution in [0.15, 0.2) is 29.3 Å². The van der Waals surface area contributed by atoms with E-state index in [4.69, 9.17) is 10.5 Å². The quantitative estimate of drug-likeness (QED) is 0.478. The minimum atomic E-state index is 0. The Balaban J connectivity index is 0.00000220. The van der Waals surface area contributed by atoms with Crippen LogP contribution < -0.4 is 5.73 Å². The summed E-state index contributed by atoms with van der Waals surface area (Å²) in [6.45, 7) is 5.60. The van der Waals surface area contributed by atoms with E-state index in [1.165, 1.54) is 24.0 Å². The maximum Gasteiger partial charge on any atom is 0.191 e. The number of hydrogen-bond acceptors (Lipinski definition) is 2. The second-order valence-electron chi connectivity index (χ2n) is 5.62. The lowest BCUT2D eigenvalue weighted by molar-refractivity contribution is 0.185. The first kappa shape index (κ1) is 18.2. The van der Waals surface area contributed by atoms with Crippen LogP contribution in [0.5, 0.6) is 0 Å². The van der Waals surface area contributed by atoms with E-state index in [0.29, 0.717) is 25.0 Å². The minimum absolute atomic E-state index is 0. The fourth-order valence-corrected chi connectivity index (χ4v) is 2.65. The van der Waals surface area contributed by atoms with Gasteiger partial charge < -0.3 is 15.4 Å². The number of benzene rings is 1. The summed E-state index contributed by atoms with van der Waals surface area (Å²) in [6.07, 6.45) is 2.50. The van der Waals surface area contributed by atoms with Gasteiger partial charge in [0.05, 0.1) is 13.2 Å². The van der Waals surface area contributed by atoms with Gasteiger partial charge in [0.2, 0.25) is 0 Å². The Hall–Kier alpha value is -0.820. The van der Waals surface area contributed by atoms with Crippen molar-refractivity contribution >= 4 is 29.9 Å². The monoisotopic (exact) mass is 403 g/mol. The predicted octanol–water partition coefficient (Wildman–Crippen LogP) is 3.00. The summed E-state index contributed by atoms with van der Waals surface area (Å²) in [5.41, 5.74) is 8.45. The molecule has 5 heteroatoms. The van der Waals surface area contributed by atoms with Gasteiger partial charge in [-0.05, 0) is 29.9 Å². The van der Waals surface area contributed by atoms with Crippen molar-refractivity contribution in [3.05, 3.63) is 35.4 Å². The normalized spacial score (nSPS) is 19.2. The van der Waals surface area contributed by atoms with Gasteiger partial charge in [-0.2, -0.15) is 0 Å². The first-order chi connectivity index (χ1) is 9.69. The fraction of sp³-hybridized carbons (Fsp3) is 0.562. The topological polar surface area (TPSA) is 50.9 Å². The molecule has 1 atom stereocenters. The number of likely N-dealkylation sites (tertiary alicyclic amines) is 1. The highest BCUT2D eigenvalue weighted by Crippen LogP contribution is 2.15. The van der Waals surface area contributed by atoms with Crippen LogP contribution in [0.2, 0.25) is 0 Å². The van der Waals surface area contributed by atoms with E-state index in [9.17, 15) is 0 Å². The number of halogens is 1. The number of aliphatic imine (C=N–C) groups is 1. The van der Waals surface area contributed by atoms with Crippen molar-refractivity contribution < 1.29 is 4.74 Å². The van der Waals surface area contributed by atoms with Crippen molar-refractivity contribution in [2.75, 3.05) is 20.2 Å². The van der Waals surface area contributed by atoms with Gasteiger partial charge in [-0.15, -0.1) is 24.0 Å². The molecule has 0 amide bonds. The molecule has 2 rings (SSSR count). The molecular weight excluding hydrogens is 377 g/mol. The molecule has 2 N–H and O–H groups in total. The highest BCUT2D eigenvalue weighted by molar-refractivity contribution is 14.0. The molecule has 118 valence electrons. The van der Waals surface area contributed by atoms with Gasteiger partial charge in [-0.1, -0.05) is 31.2 Å². The fourth-order valence-electron chi connectivity index (χ4n) is 2.65. The van der Waals surface area contributed by atoms with Crippen LogP contribution in [-0.2, 0) is 17.9 Å². The molecule has 1 aromatic rings. The average Bonchev–Trinajstić information content (AvgIpc) is 2.45. The summed E-state index contributed by atoms with van der Waals surface area (Å²) < 4.78 is 5.15. The number of hydrogen-bond donors (Lipinski definition) is 1. The lowest BCUT2D eigenvalue weighted by Gasteiger charge is -2.31. The third-order valence-electron chi connectivity index (χ3n) is 3.71. The number of ether oxygens (including phenoxy) is 1. The van der Waals surface area contributed by atoms with E-state index in [1.54, 1.807) is 7.11 Å². The minimum Gasteiger partial charge on any atom is -0.380 e. The molecule has 1 aliphatic heterocycles. The second-order valence-corrected chi connectivity index (χ2v) is 5.62. The molecule has 1 aromatic carbocycles. The molecule has 1 saturated heterocycles. The summed E-state index contributed by atoms with van der Waals surface area (Å²) in [5, 5.41) is 0. The summed E-state index contributed by atoms with van der Waals surface area (Å²) in [5.74, 6) is 1.39. The van der Waals surface area contributed by atoms with Crippen LogP contribution in [0.25, 0.3) is 0 Å². The Morgan fingerprint density at radius 2 is 2.19 bits per heavy atom. The van der Waals surface area contributed by atoms with Gasteiger partial charge in [-0.25, -0.2) is 4.99 Å². The van der Waals surface area contributed by atoms with E-state index in [1.807, 2.05) is 6.07 Å². The number of rotatable bonds is 4. The first-order valence-corrected chi connectivity index (χ1v) is 7.30. The van der Waals surface area contributed by atoms with Crippen LogP contribution in [0, 0.1) is 5.92 Å². The highest BCUT2D eigenvalue weighted by atomic mass is 127. The molecule has 4 nitrogen and oxygen atoms in total. The lowest BCUT2D eigenvalue weighted by atomic mass is 10.0. The molecule has 0 radical (unpaired) electrons. The maximum absolute atomic E-state index is 6.11. The Kier molecular flexibility index (Phi) is 8.03. The summed E-state index contributed by atoms with van der Waals surface area (Å²) in [6, 6.07) is 8.30. The van der Waals surface area contributed by atoms with E-state index >= 15 is 0 Å². The van der Waals surface area contributed by atoms with Crippen molar-refractivity contribution in [1.82, 2.24) is 4.90 Å². The SMILES string of the molecule is COCc1cccc(CN=C(N)N2CCCC(C)C2)c1.I. The molecule has 1 aliphatic rings. The Bertz CT molecular complexity index is 465. The predicted molar refractivity (Wildman–Crippen MR) is 97.9 cm³/mol. The third kappa shape index (κ3) is 5.82. The van der Waals surface area contributed by atoms with Crippen molar-refractivity contribution in [2.45, 2.75) is 32.9 Å². The highest BCUT2D eigenvalue weighted by Gasteiger charge is 2.17. The van der Waals surface area contributed by atoms with Gasteiger partial charge in [0, 0.05) is 20.2 Å². The third-order valence-corrected chi connectivity index (χ3v) is 3.71. The number of methoxy groups -OCH3 is 1. The molecule has 0 saturated carbocycles. The molecule has 1 fully saturated rings. The Morgan fingerprint density at radius 3 is 2.90 bits per heavy atom. The standard InChI is InChI=1S/C16H25N3O.HI/c1-13-5-4-8-19(11-13)16(17)18-10-14-6-3-7-15(9-14)12-20-2;/h3,6-7,9,13H,4-5,8,10-12H2,1-2H3,(H2,17,18);1H. The van der Waals surface area contributed by atoms with Crippen molar-refractivity contribution in [1.29, 1.82) is 0 Å². The smallest absolute Gasteiger partial charge is 0.191 e. The maximum atomic E-state index is 6.11. The van der Waals surface area contributed by atoms with Gasteiger partial charge in [-0.3, -0.25) is 0 Å². The Labute approximate surface area is 144 Å². The van der Waals surface area contributed by atoms with Crippen molar-refractivity contribution in [2.24, 2.45) is 16.6 Å². The molecule has 0 aromatic heterocycles. The number of nitrogens with two attached hydrogens (primary N) is 1. The van der Waals surface area contributed by atoms with E-state index in [2.05, 4.69) is 35.0 Å². The van der Waals surface area contributed by atoms with Gasteiger partial charge in [0.25, 0.3) is 0 Å². The molecule has 0 aliphatic carbocycles. The van der Waals surface area contributed by atoms with Crippen molar-refractivity contribution in [3.8, 4) is 0 Å². The molecule has 1 unspecified atom stereocenters. The van der Waals surface area contributed by atoms with Gasteiger partial charge in [0.15, 0.2) is 5.96 Å². The van der Waals surface area contributed by atoms with Crippen LogP contribution in [0.1, 0.15) is 30.9 Å². The molecule has 1 heterocycles. The van der Waals surface area contributed by atoms with Gasteiger partial charge in [0.1, 0.15) is 0 Å².